The van der Waals surface area contributed by atoms with Gasteiger partial charge in [0.1, 0.15) is 23.5 Å². The fraction of sp³-hybridized carbons (Fsp3) is 0.636. The Kier molecular flexibility index (Phi) is 4.30. The summed E-state index contributed by atoms with van der Waals surface area (Å²) in [6.07, 6.45) is 4.84. The van der Waals surface area contributed by atoms with Crippen LogP contribution in [-0.4, -0.2) is 30.8 Å². The number of ether oxygens (including phenoxy) is 2. The van der Waals surface area contributed by atoms with Crippen LogP contribution < -0.4 is 9.64 Å². The number of hydrogen-bond acceptors (Lipinski definition) is 2. The smallest absolute Gasteiger partial charge is 0.139 e. The van der Waals surface area contributed by atoms with Gasteiger partial charge in [0.05, 0.1) is 19.2 Å². The second-order valence-electron chi connectivity index (χ2n) is 8.59. The second-order valence-corrected chi connectivity index (χ2v) is 8.59. The van der Waals surface area contributed by atoms with Gasteiger partial charge < -0.3 is 14.4 Å². The van der Waals surface area contributed by atoms with Crippen LogP contribution >= 0.6 is 0 Å². The summed E-state index contributed by atoms with van der Waals surface area (Å²) in [6, 6.07) is 8.33. The van der Waals surface area contributed by atoms with Crippen molar-refractivity contribution in [1.29, 1.82) is 0 Å². The monoisotopic (exact) mass is 340 g/mol. The van der Waals surface area contributed by atoms with Crippen molar-refractivity contribution in [3.05, 3.63) is 29.8 Å². The van der Waals surface area contributed by atoms with Crippen LogP contribution in [0.15, 0.2) is 24.3 Å². The molecule has 4 rings (SSSR count). The van der Waals surface area contributed by atoms with E-state index in [1.165, 1.54) is 31.5 Å². The fourth-order valence-electron chi connectivity index (χ4n) is 4.66. The molecule has 3 aliphatic rings. The highest BCUT2D eigenvalue weighted by atomic mass is 16.5. The van der Waals surface area contributed by atoms with Gasteiger partial charge in [-0.2, -0.15) is 0 Å². The van der Waals surface area contributed by atoms with Gasteiger partial charge in [0.25, 0.3) is 0 Å². The summed E-state index contributed by atoms with van der Waals surface area (Å²) >= 11 is 0. The maximum Gasteiger partial charge on any atom is 0.139 e. The molecule has 1 aromatic carbocycles. The van der Waals surface area contributed by atoms with Crippen molar-refractivity contribution in [3.63, 3.8) is 0 Å². The molecule has 3 heterocycles. The predicted molar refractivity (Wildman–Crippen MR) is 98.7 cm³/mol. The van der Waals surface area contributed by atoms with Gasteiger partial charge >= 0.3 is 0 Å². The summed E-state index contributed by atoms with van der Waals surface area (Å²) in [5.41, 5.74) is 0.638. The first-order valence-corrected chi connectivity index (χ1v) is 9.76. The number of quaternary nitrogens is 1. The summed E-state index contributed by atoms with van der Waals surface area (Å²) in [6.45, 7) is 10.1. The quantitative estimate of drug-likeness (QED) is 0.795. The molecule has 0 bridgehead atoms. The number of para-hydroxylation sites is 1. The van der Waals surface area contributed by atoms with Gasteiger partial charge in [-0.15, -0.1) is 0 Å². The van der Waals surface area contributed by atoms with Crippen molar-refractivity contribution in [2.45, 2.75) is 63.8 Å². The maximum absolute atomic E-state index is 6.64. The molecule has 2 saturated heterocycles. The van der Waals surface area contributed by atoms with E-state index < -0.39 is 0 Å². The molecule has 0 aromatic heterocycles. The molecule has 25 heavy (non-hydrogen) atoms. The van der Waals surface area contributed by atoms with Crippen LogP contribution in [0, 0.1) is 17.8 Å². The van der Waals surface area contributed by atoms with Crippen molar-refractivity contribution in [2.75, 3.05) is 19.6 Å². The molecule has 0 spiro atoms. The van der Waals surface area contributed by atoms with Crippen molar-refractivity contribution in [1.82, 2.24) is 0 Å². The van der Waals surface area contributed by atoms with Crippen molar-refractivity contribution < 1.29 is 14.4 Å². The minimum absolute atomic E-state index is 0.0760. The van der Waals surface area contributed by atoms with E-state index in [2.05, 4.69) is 50.8 Å². The second kappa shape index (κ2) is 6.34. The lowest BCUT2D eigenvalue weighted by molar-refractivity contribution is -0.879. The van der Waals surface area contributed by atoms with E-state index in [9.17, 15) is 0 Å². The molecule has 0 unspecified atom stereocenters. The van der Waals surface area contributed by atoms with Crippen LogP contribution in [0.25, 0.3) is 0 Å². The van der Waals surface area contributed by atoms with Crippen LogP contribution in [0.5, 0.6) is 5.75 Å². The predicted octanol–water partition coefficient (Wildman–Crippen LogP) is 2.77. The Morgan fingerprint density at radius 1 is 1.16 bits per heavy atom. The van der Waals surface area contributed by atoms with Crippen LogP contribution in [0.4, 0.5) is 0 Å². The largest absolute Gasteiger partial charge is 0.487 e. The molecule has 3 nitrogen and oxygen atoms in total. The molecule has 0 radical (unpaired) electrons. The van der Waals surface area contributed by atoms with E-state index >= 15 is 0 Å². The van der Waals surface area contributed by atoms with Gasteiger partial charge in [0.2, 0.25) is 0 Å². The highest BCUT2D eigenvalue weighted by molar-refractivity contribution is 5.39. The standard InChI is InChI=1S/C22H29NO2/c1-21(2)18-11-13-22(3,12-8-16-23-14-6-7-15-23)25-20(18)17-9-4-5-10-19(17)24-21/h4-5,9-10,18,20H,6-7,11,13-16H2,1-3H3/p+1/t18-,20+,22-/m0/s1. The molecule has 3 heteroatoms. The summed E-state index contributed by atoms with van der Waals surface area (Å²) < 4.78 is 12.9. The normalized spacial score (nSPS) is 33.6. The molecule has 0 saturated carbocycles. The van der Waals surface area contributed by atoms with Crippen LogP contribution in [0.2, 0.25) is 0 Å². The van der Waals surface area contributed by atoms with E-state index in [1.807, 2.05) is 6.07 Å². The lowest BCUT2D eigenvalue weighted by Crippen LogP contribution is -3.09. The van der Waals surface area contributed by atoms with Gasteiger partial charge in [-0.1, -0.05) is 24.1 Å². The van der Waals surface area contributed by atoms with E-state index in [1.54, 1.807) is 4.90 Å². The van der Waals surface area contributed by atoms with Crippen LogP contribution in [0.1, 0.15) is 58.1 Å². The van der Waals surface area contributed by atoms with Gasteiger partial charge in [-0.3, -0.25) is 0 Å². The number of fused-ring (bicyclic) bond motifs is 3. The highest BCUT2D eigenvalue weighted by Crippen LogP contribution is 2.52. The number of nitrogens with one attached hydrogen (secondary N) is 1. The minimum atomic E-state index is -0.346. The van der Waals surface area contributed by atoms with E-state index in [0.717, 1.165) is 25.1 Å². The van der Waals surface area contributed by atoms with Gasteiger partial charge in [0, 0.05) is 24.3 Å². The van der Waals surface area contributed by atoms with Gasteiger partial charge in [-0.05, 0) is 45.6 Å². The van der Waals surface area contributed by atoms with Crippen molar-refractivity contribution in [2.24, 2.45) is 5.92 Å². The molecule has 1 N–H and O–H groups in total. The molecule has 134 valence electrons. The first-order chi connectivity index (χ1) is 12.0. The van der Waals surface area contributed by atoms with Crippen LogP contribution in [0.3, 0.4) is 0 Å². The number of likely N-dealkylation sites (tertiary alicyclic amines) is 1. The Balaban J connectivity index is 1.55. The molecule has 0 amide bonds. The summed E-state index contributed by atoms with van der Waals surface area (Å²) in [7, 11) is 0. The van der Waals surface area contributed by atoms with Gasteiger partial charge in [-0.25, -0.2) is 0 Å². The number of rotatable bonds is 1. The molecule has 3 atom stereocenters. The molecular formula is C22H30NO2+. The Morgan fingerprint density at radius 3 is 2.72 bits per heavy atom. The van der Waals surface area contributed by atoms with Crippen LogP contribution in [-0.2, 0) is 4.74 Å². The highest BCUT2D eigenvalue weighted by Gasteiger charge is 2.49. The van der Waals surface area contributed by atoms with Crippen molar-refractivity contribution >= 4 is 0 Å². The zero-order valence-corrected chi connectivity index (χ0v) is 15.7. The molecule has 3 aliphatic heterocycles. The number of hydrogen-bond donors (Lipinski definition) is 1. The summed E-state index contributed by atoms with van der Waals surface area (Å²) in [4.78, 5) is 1.63. The Bertz CT molecular complexity index is 695. The third-order valence-electron chi connectivity index (χ3n) is 6.18. The summed E-state index contributed by atoms with van der Waals surface area (Å²) in [5, 5.41) is 0. The SMILES string of the molecule is CC1(C)Oc2ccccc2[C@H]2O[C@@](C)(C#CC[NH+]3CCCC3)CC[C@@H]21. The van der Waals surface area contributed by atoms with Gasteiger partial charge in [0.15, 0.2) is 0 Å². The third kappa shape index (κ3) is 3.30. The summed E-state index contributed by atoms with van der Waals surface area (Å²) in [5.74, 6) is 8.26. The van der Waals surface area contributed by atoms with Crippen molar-refractivity contribution in [3.8, 4) is 17.6 Å². The fourth-order valence-corrected chi connectivity index (χ4v) is 4.66. The molecule has 2 fully saturated rings. The average molecular weight is 340 g/mol. The Morgan fingerprint density at radius 2 is 1.92 bits per heavy atom. The third-order valence-corrected chi connectivity index (χ3v) is 6.18. The molecule has 0 aliphatic carbocycles. The zero-order valence-electron chi connectivity index (χ0n) is 15.7. The first-order valence-electron chi connectivity index (χ1n) is 9.76. The zero-order chi connectivity index (χ0) is 17.5. The van der Waals surface area contributed by atoms with E-state index in [4.69, 9.17) is 9.47 Å². The van der Waals surface area contributed by atoms with E-state index in [-0.39, 0.29) is 17.3 Å². The molecular weight excluding hydrogens is 310 g/mol. The topological polar surface area (TPSA) is 22.9 Å². The Hall–Kier alpha value is -1.50. The Labute approximate surface area is 151 Å². The minimum Gasteiger partial charge on any atom is -0.487 e. The lowest BCUT2D eigenvalue weighted by Gasteiger charge is -2.50. The average Bonchev–Trinajstić information content (AvgIpc) is 3.07. The lowest BCUT2D eigenvalue weighted by atomic mass is 9.73. The van der Waals surface area contributed by atoms with E-state index in [0.29, 0.717) is 5.92 Å². The molecule has 1 aromatic rings. The number of benzene rings is 1. The first kappa shape index (κ1) is 16.9. The maximum atomic E-state index is 6.64.